The van der Waals surface area contributed by atoms with Gasteiger partial charge in [0, 0.05) is 31.2 Å². The van der Waals surface area contributed by atoms with Crippen molar-refractivity contribution >= 4 is 27.0 Å². The molecule has 2 aromatic heterocycles. The van der Waals surface area contributed by atoms with E-state index in [4.69, 9.17) is 9.84 Å². The first-order valence-corrected chi connectivity index (χ1v) is 8.59. The Kier molecular flexibility index (Phi) is 5.34. The molecule has 9 heteroatoms. The summed E-state index contributed by atoms with van der Waals surface area (Å²) in [5.74, 6) is 0. The highest BCUT2D eigenvalue weighted by atomic mass is 32.2. The van der Waals surface area contributed by atoms with Crippen LogP contribution < -0.4 is 4.72 Å². The lowest BCUT2D eigenvalue weighted by Gasteiger charge is -2.03. The van der Waals surface area contributed by atoms with Crippen LogP contribution in [0.1, 0.15) is 4.88 Å². The number of ether oxygens (including phenoxy) is 1. The Morgan fingerprint density at radius 3 is 3.00 bits per heavy atom. The van der Waals surface area contributed by atoms with Crippen LogP contribution in [-0.2, 0) is 27.7 Å². The summed E-state index contributed by atoms with van der Waals surface area (Å²) >= 11 is 1.15. The molecule has 0 fully saturated rings. The fourth-order valence-corrected chi connectivity index (χ4v) is 4.05. The van der Waals surface area contributed by atoms with Gasteiger partial charge in [0.25, 0.3) is 10.0 Å². The summed E-state index contributed by atoms with van der Waals surface area (Å²) in [6.45, 7) is 1.06. The molecule has 21 heavy (non-hydrogen) atoms. The van der Waals surface area contributed by atoms with Gasteiger partial charge in [0.05, 0.1) is 25.0 Å². The van der Waals surface area contributed by atoms with Gasteiger partial charge in [0.1, 0.15) is 4.21 Å². The molecular formula is C12H17N3O4S2. The van der Waals surface area contributed by atoms with Crippen LogP contribution in [0.5, 0.6) is 0 Å². The number of nitrogens with one attached hydrogen (secondary N) is 1. The second kappa shape index (κ2) is 7.03. The summed E-state index contributed by atoms with van der Waals surface area (Å²) in [6.07, 6.45) is 3.52. The minimum Gasteiger partial charge on any atom is -0.396 e. The van der Waals surface area contributed by atoms with Crippen LogP contribution in [-0.4, -0.2) is 43.6 Å². The highest BCUT2D eigenvalue weighted by molar-refractivity contribution is 7.94. The lowest BCUT2D eigenvalue weighted by molar-refractivity contribution is 0.183. The van der Waals surface area contributed by atoms with Crippen LogP contribution in [0, 0.1) is 0 Å². The minimum atomic E-state index is -3.62. The van der Waals surface area contributed by atoms with Crippen molar-refractivity contribution in [1.82, 2.24) is 9.78 Å². The molecule has 0 aliphatic rings. The topological polar surface area (TPSA) is 93.5 Å². The molecule has 0 spiro atoms. The van der Waals surface area contributed by atoms with E-state index in [1.807, 2.05) is 0 Å². The quantitative estimate of drug-likeness (QED) is 0.750. The van der Waals surface area contributed by atoms with E-state index in [1.165, 1.54) is 12.3 Å². The number of aromatic nitrogens is 2. The number of aliphatic hydroxyl groups is 1. The molecule has 116 valence electrons. The van der Waals surface area contributed by atoms with E-state index in [1.54, 1.807) is 24.1 Å². The fourth-order valence-electron chi connectivity index (χ4n) is 1.68. The second-order valence-electron chi connectivity index (χ2n) is 4.28. The Morgan fingerprint density at radius 1 is 1.48 bits per heavy atom. The number of thiophene rings is 1. The van der Waals surface area contributed by atoms with E-state index >= 15 is 0 Å². The number of nitrogens with zero attached hydrogens (tertiary/aromatic N) is 2. The molecule has 2 heterocycles. The number of rotatable bonds is 8. The zero-order valence-corrected chi connectivity index (χ0v) is 13.2. The molecule has 2 rings (SSSR count). The van der Waals surface area contributed by atoms with E-state index in [-0.39, 0.29) is 10.8 Å². The van der Waals surface area contributed by atoms with E-state index in [0.29, 0.717) is 25.3 Å². The molecular weight excluding hydrogens is 314 g/mol. The van der Waals surface area contributed by atoms with Crippen LogP contribution in [0.3, 0.4) is 0 Å². The molecule has 7 nitrogen and oxygen atoms in total. The Morgan fingerprint density at radius 2 is 2.29 bits per heavy atom. The molecule has 0 bridgehead atoms. The third-order valence-corrected chi connectivity index (χ3v) is 5.69. The minimum absolute atomic E-state index is 0.000298. The number of hydrogen-bond donors (Lipinski definition) is 2. The van der Waals surface area contributed by atoms with Crippen molar-refractivity contribution in [3.63, 3.8) is 0 Å². The van der Waals surface area contributed by atoms with Gasteiger partial charge in [-0.05, 0) is 12.1 Å². The number of anilines is 1. The van der Waals surface area contributed by atoms with Crippen LogP contribution in [0.15, 0.2) is 28.7 Å². The molecule has 0 radical (unpaired) electrons. The largest absolute Gasteiger partial charge is 0.396 e. The van der Waals surface area contributed by atoms with Crippen molar-refractivity contribution in [2.24, 2.45) is 0 Å². The fraction of sp³-hybridized carbons (Fsp3) is 0.417. The van der Waals surface area contributed by atoms with Crippen LogP contribution >= 0.6 is 11.3 Å². The molecule has 2 aromatic rings. The lowest BCUT2D eigenvalue weighted by Crippen LogP contribution is -2.11. The van der Waals surface area contributed by atoms with Gasteiger partial charge in [0.2, 0.25) is 0 Å². The van der Waals surface area contributed by atoms with Crippen molar-refractivity contribution in [3.8, 4) is 0 Å². The number of methoxy groups -OCH3 is 1. The summed E-state index contributed by atoms with van der Waals surface area (Å²) in [4.78, 5) is 0.827. The molecule has 0 amide bonds. The normalized spacial score (nSPS) is 11.7. The first kappa shape index (κ1) is 16.0. The zero-order valence-electron chi connectivity index (χ0n) is 11.5. The third kappa shape index (κ3) is 4.27. The molecule has 0 saturated heterocycles. The molecule has 0 unspecified atom stereocenters. The first-order valence-electron chi connectivity index (χ1n) is 6.29. The van der Waals surface area contributed by atoms with Gasteiger partial charge in [0.15, 0.2) is 0 Å². The van der Waals surface area contributed by atoms with Gasteiger partial charge in [-0.3, -0.25) is 9.40 Å². The highest BCUT2D eigenvalue weighted by Gasteiger charge is 2.17. The molecule has 0 aliphatic heterocycles. The predicted octanol–water partition coefficient (Wildman–Crippen LogP) is 0.927. The summed E-state index contributed by atoms with van der Waals surface area (Å²) in [7, 11) is -2.02. The Hall–Kier alpha value is -1.42. The van der Waals surface area contributed by atoms with Gasteiger partial charge in [-0.1, -0.05) is 0 Å². The first-order chi connectivity index (χ1) is 10.0. The monoisotopic (exact) mass is 331 g/mol. The summed E-state index contributed by atoms with van der Waals surface area (Å²) in [6, 6.07) is 3.24. The number of sulfonamides is 1. The average molecular weight is 331 g/mol. The van der Waals surface area contributed by atoms with Gasteiger partial charge in [-0.25, -0.2) is 8.42 Å². The van der Waals surface area contributed by atoms with Crippen LogP contribution in [0.25, 0.3) is 0 Å². The lowest BCUT2D eigenvalue weighted by atomic mass is 10.4. The molecule has 0 aliphatic carbocycles. The van der Waals surface area contributed by atoms with Gasteiger partial charge >= 0.3 is 0 Å². The Labute approximate surface area is 127 Å². The van der Waals surface area contributed by atoms with E-state index < -0.39 is 10.0 Å². The van der Waals surface area contributed by atoms with Crippen molar-refractivity contribution < 1.29 is 18.3 Å². The van der Waals surface area contributed by atoms with E-state index in [0.717, 1.165) is 16.2 Å². The standard InChI is InChI=1S/C12H17N3O4S2/c1-19-7-5-15-9-10(8-13-15)14-21(17,18)12-3-2-11(20-12)4-6-16/h2-3,8-9,14,16H,4-7H2,1H3. The molecule has 0 atom stereocenters. The van der Waals surface area contributed by atoms with Crippen LogP contribution in [0.2, 0.25) is 0 Å². The number of aliphatic hydroxyl groups excluding tert-OH is 1. The number of hydrogen-bond acceptors (Lipinski definition) is 6. The smallest absolute Gasteiger partial charge is 0.271 e. The average Bonchev–Trinajstić information content (AvgIpc) is 3.06. The summed E-state index contributed by atoms with van der Waals surface area (Å²) in [5.41, 5.74) is 0.406. The maximum atomic E-state index is 12.2. The van der Waals surface area contributed by atoms with Gasteiger partial charge < -0.3 is 9.84 Å². The van der Waals surface area contributed by atoms with Gasteiger partial charge in [-0.15, -0.1) is 11.3 Å². The van der Waals surface area contributed by atoms with Gasteiger partial charge in [-0.2, -0.15) is 5.10 Å². The second-order valence-corrected chi connectivity index (χ2v) is 7.36. The van der Waals surface area contributed by atoms with E-state index in [9.17, 15) is 8.42 Å². The van der Waals surface area contributed by atoms with Crippen molar-refractivity contribution in [1.29, 1.82) is 0 Å². The third-order valence-electron chi connectivity index (χ3n) is 2.67. The van der Waals surface area contributed by atoms with Crippen molar-refractivity contribution in [3.05, 3.63) is 29.4 Å². The maximum Gasteiger partial charge on any atom is 0.271 e. The molecule has 0 aromatic carbocycles. The predicted molar refractivity (Wildman–Crippen MR) is 80.0 cm³/mol. The Bertz CT molecular complexity index is 678. The molecule has 0 saturated carbocycles. The maximum absolute atomic E-state index is 12.2. The van der Waals surface area contributed by atoms with Crippen LogP contribution in [0.4, 0.5) is 5.69 Å². The van der Waals surface area contributed by atoms with Crippen molar-refractivity contribution in [2.75, 3.05) is 25.0 Å². The molecule has 2 N–H and O–H groups in total. The van der Waals surface area contributed by atoms with E-state index in [2.05, 4.69) is 9.82 Å². The summed E-state index contributed by atoms with van der Waals surface area (Å²) in [5, 5.41) is 12.9. The highest BCUT2D eigenvalue weighted by Crippen LogP contribution is 2.24. The summed E-state index contributed by atoms with van der Waals surface area (Å²) < 4.78 is 33.7. The Balaban J connectivity index is 2.07. The zero-order chi connectivity index (χ0) is 15.3. The van der Waals surface area contributed by atoms with Crippen molar-refractivity contribution in [2.45, 2.75) is 17.2 Å². The SMILES string of the molecule is COCCn1cc(NS(=O)(=O)c2ccc(CCO)s2)cn1.